The molecule has 0 amide bonds. The van der Waals surface area contributed by atoms with Crippen molar-refractivity contribution in [3.05, 3.63) is 173 Å². The summed E-state index contributed by atoms with van der Waals surface area (Å²) in [5.74, 6) is 0.832. The molecule has 0 heterocycles. The summed E-state index contributed by atoms with van der Waals surface area (Å²) in [4.78, 5) is 2.98. The number of anilines is 3. The molecule has 5 aromatic rings. The van der Waals surface area contributed by atoms with E-state index < -0.39 is 10.1 Å². The van der Waals surface area contributed by atoms with Crippen molar-refractivity contribution in [2.24, 2.45) is 0 Å². The molecule has 0 saturated carbocycles. The minimum atomic E-state index is -4.30. The number of hydrogen-bond donors (Lipinski definition) is 3. The third-order valence-corrected chi connectivity index (χ3v) is 10.9. The average molecular weight is 805 g/mol. The summed E-state index contributed by atoms with van der Waals surface area (Å²) >= 11 is 0.941. The van der Waals surface area contributed by atoms with Gasteiger partial charge in [-0.15, -0.1) is 4.33 Å². The first-order chi connectivity index (χ1) is 27.7. The van der Waals surface area contributed by atoms with Gasteiger partial charge in [0.15, 0.2) is 12.3 Å². The molecule has 10 nitrogen and oxygen atoms in total. The minimum absolute atomic E-state index is 0.118. The first-order valence-electron chi connectivity index (χ1n) is 18.7. The van der Waals surface area contributed by atoms with E-state index in [1.165, 1.54) is 12.1 Å². The Balaban J connectivity index is 1.31. The summed E-state index contributed by atoms with van der Waals surface area (Å²) in [6.07, 6.45) is 8.42. The van der Waals surface area contributed by atoms with Gasteiger partial charge in [0.1, 0.15) is 12.3 Å². The maximum absolute atomic E-state index is 11.8. The first kappa shape index (κ1) is 41.2. The van der Waals surface area contributed by atoms with E-state index in [-0.39, 0.29) is 4.90 Å². The van der Waals surface area contributed by atoms with Crippen molar-refractivity contribution >= 4 is 50.5 Å². The Labute approximate surface area is 338 Å². The number of allylic oxidation sites excluding steroid dienone is 5. The fourth-order valence-corrected chi connectivity index (χ4v) is 7.63. The third kappa shape index (κ3) is 11.1. The van der Waals surface area contributed by atoms with E-state index in [9.17, 15) is 13.0 Å². The maximum Gasteiger partial charge on any atom is 0.294 e. The Morgan fingerprint density at radius 1 is 0.772 bits per heavy atom. The van der Waals surface area contributed by atoms with Crippen molar-refractivity contribution in [3.8, 4) is 5.75 Å². The average Bonchev–Trinajstić information content (AvgIpc) is 3.23. The molecule has 0 saturated heterocycles. The van der Waals surface area contributed by atoms with Gasteiger partial charge in [0.25, 0.3) is 10.1 Å². The monoisotopic (exact) mass is 804 g/mol. The van der Waals surface area contributed by atoms with Crippen LogP contribution in [0, 0.1) is 0 Å². The molecular formula is C45H46N3O7S2+. The molecule has 0 bridgehead atoms. The summed E-state index contributed by atoms with van der Waals surface area (Å²) in [7, 11) is -4.30. The summed E-state index contributed by atoms with van der Waals surface area (Å²) in [6.45, 7) is 9.41. The van der Waals surface area contributed by atoms with Crippen molar-refractivity contribution in [1.82, 2.24) is 0 Å². The van der Waals surface area contributed by atoms with Gasteiger partial charge in [0.05, 0.1) is 23.5 Å². The van der Waals surface area contributed by atoms with Crippen molar-refractivity contribution in [1.29, 1.82) is 0 Å². The summed E-state index contributed by atoms with van der Waals surface area (Å²) in [6, 6.07) is 39.2. The van der Waals surface area contributed by atoms with Gasteiger partial charge in [-0.1, -0.05) is 53.6 Å². The highest BCUT2D eigenvalue weighted by atomic mass is 32.2. The Morgan fingerprint density at radius 2 is 1.40 bits per heavy atom. The van der Waals surface area contributed by atoms with Crippen LogP contribution in [-0.4, -0.2) is 48.2 Å². The van der Waals surface area contributed by atoms with Crippen LogP contribution < -0.4 is 15.0 Å². The van der Waals surface area contributed by atoms with Crippen LogP contribution in [0.4, 0.5) is 17.1 Å². The molecular weight excluding hydrogens is 759 g/mol. The number of ether oxygens (including phenoxy) is 1. The van der Waals surface area contributed by atoms with Gasteiger partial charge in [-0.3, -0.25) is 4.55 Å². The van der Waals surface area contributed by atoms with Crippen LogP contribution in [0.25, 0.3) is 5.57 Å². The molecule has 12 heteroatoms. The molecule has 0 unspecified atom stereocenters. The van der Waals surface area contributed by atoms with Crippen LogP contribution in [0.2, 0.25) is 0 Å². The van der Waals surface area contributed by atoms with Crippen molar-refractivity contribution in [3.63, 3.8) is 0 Å². The Hall–Kier alpha value is -5.47. The quantitative estimate of drug-likeness (QED) is 0.0275. The zero-order valence-corrected chi connectivity index (χ0v) is 33.7. The molecule has 0 radical (unpaired) electrons. The topological polar surface area (TPSA) is 121 Å². The number of nitrogens with one attached hydrogen (secondary N) is 1. The van der Waals surface area contributed by atoms with E-state index in [4.69, 9.17) is 9.99 Å². The van der Waals surface area contributed by atoms with E-state index in [0.29, 0.717) is 26.2 Å². The Morgan fingerprint density at radius 3 is 2.02 bits per heavy atom. The number of nitrogens with zero attached hydrogens (tertiary/aromatic N) is 2. The molecule has 294 valence electrons. The second kappa shape index (κ2) is 19.6. The lowest BCUT2D eigenvalue weighted by molar-refractivity contribution is -0.539. The van der Waals surface area contributed by atoms with Gasteiger partial charge >= 0.3 is 0 Å². The largest absolute Gasteiger partial charge is 0.494 e. The van der Waals surface area contributed by atoms with Crippen LogP contribution in [0.3, 0.4) is 0 Å². The van der Waals surface area contributed by atoms with Gasteiger partial charge < -0.3 is 15.0 Å². The van der Waals surface area contributed by atoms with Crippen LogP contribution in [0.15, 0.2) is 161 Å². The van der Waals surface area contributed by atoms with Gasteiger partial charge in [-0.25, -0.2) is 9.83 Å². The molecule has 6 rings (SSSR count). The van der Waals surface area contributed by atoms with E-state index >= 15 is 0 Å². The highest BCUT2D eigenvalue weighted by Crippen LogP contribution is 2.33. The highest BCUT2D eigenvalue weighted by molar-refractivity contribution is 7.94. The molecule has 0 fully saturated rings. The van der Waals surface area contributed by atoms with E-state index in [2.05, 4.69) is 117 Å². The molecule has 0 atom stereocenters. The van der Waals surface area contributed by atoms with Crippen LogP contribution >= 0.6 is 12.0 Å². The van der Waals surface area contributed by atoms with E-state index in [1.807, 2.05) is 55.5 Å². The molecule has 3 N–H and O–H groups in total. The molecule has 5 aromatic carbocycles. The molecule has 1 aliphatic carbocycles. The Bertz CT molecular complexity index is 2360. The molecule has 0 spiro atoms. The van der Waals surface area contributed by atoms with Gasteiger partial charge in [0, 0.05) is 52.8 Å². The summed E-state index contributed by atoms with van der Waals surface area (Å²) in [5, 5.41) is 15.8. The highest BCUT2D eigenvalue weighted by Gasteiger charge is 2.18. The van der Waals surface area contributed by atoms with Gasteiger partial charge in [-0.2, -0.15) is 8.42 Å². The van der Waals surface area contributed by atoms with Gasteiger partial charge in [0.2, 0.25) is 0 Å². The molecule has 0 aromatic heterocycles. The van der Waals surface area contributed by atoms with E-state index in [1.54, 1.807) is 6.07 Å². The second-order valence-corrected chi connectivity index (χ2v) is 15.3. The molecule has 1 aliphatic rings. The smallest absolute Gasteiger partial charge is 0.294 e. The predicted octanol–water partition coefficient (Wildman–Crippen LogP) is 10.1. The lowest BCUT2D eigenvalue weighted by Crippen LogP contribution is -2.21. The zero-order valence-electron chi connectivity index (χ0n) is 32.0. The predicted molar refractivity (Wildman–Crippen MR) is 228 cm³/mol. The van der Waals surface area contributed by atoms with E-state index in [0.717, 1.165) is 85.4 Å². The van der Waals surface area contributed by atoms with Crippen molar-refractivity contribution in [2.75, 3.05) is 29.9 Å². The standard InChI is InChI=1S/C45H45N3O7S2/c1-4-47(31-33-9-7-11-43(29-33)56-55-54-49)40-23-15-36(16-24-40)45(35-13-19-38(20-14-35)46-39-21-27-42(28-22-39)53-6-3)37-17-25-41(26-18-37)48(5-2)32-34-10-8-12-44(30-34)57(50,51)52/h7-30H,4-6,31-32H2,1-3H3,(H2,49,50,51,52)/p+1. The van der Waals surface area contributed by atoms with Crippen LogP contribution in [-0.2, 0) is 32.6 Å². The maximum atomic E-state index is 11.8. The number of benzene rings is 5. The fraction of sp³-hybridized carbons (Fsp3) is 0.178. The Kier molecular flexibility index (Phi) is 14.2. The fourth-order valence-electron chi connectivity index (χ4n) is 6.63. The van der Waals surface area contributed by atoms with Crippen molar-refractivity contribution < 1.29 is 36.9 Å². The van der Waals surface area contributed by atoms with Gasteiger partial charge in [-0.05, 0) is 134 Å². The number of hydrogen-bond acceptors (Lipinski definition) is 9. The lowest BCUT2D eigenvalue weighted by Gasteiger charge is -2.24. The van der Waals surface area contributed by atoms with Crippen LogP contribution in [0.5, 0.6) is 5.75 Å². The SMILES string of the molecule is CCOc1ccc(Nc2ccc(C(=C3C=CC(=[N+](CC)Cc4cccc(S(=O)(=O)O)c4)C=C3)c3ccc(N(CC)Cc4cccc(SOOO)c4)cc3)cc2)cc1. The first-order valence-corrected chi connectivity index (χ1v) is 20.8. The lowest BCUT2D eigenvalue weighted by atomic mass is 9.90. The number of rotatable bonds is 17. The minimum Gasteiger partial charge on any atom is -0.494 e. The molecule has 0 aliphatic heterocycles. The summed E-state index contributed by atoms with van der Waals surface area (Å²) < 4.78 is 45.5. The second-order valence-electron chi connectivity index (χ2n) is 13.2. The normalized spacial score (nSPS) is 12.4. The zero-order chi connectivity index (χ0) is 40.2. The molecule has 57 heavy (non-hydrogen) atoms. The van der Waals surface area contributed by atoms with Crippen LogP contribution in [0.1, 0.15) is 43.0 Å². The summed E-state index contributed by atoms with van der Waals surface area (Å²) in [5.41, 5.74) is 10.1. The van der Waals surface area contributed by atoms with Crippen molar-refractivity contribution in [2.45, 2.75) is 43.7 Å². The third-order valence-electron chi connectivity index (χ3n) is 9.44.